The second kappa shape index (κ2) is 5.61. The molecule has 0 saturated heterocycles. The Labute approximate surface area is 118 Å². The van der Waals surface area contributed by atoms with Crippen LogP contribution in [0, 0.1) is 0 Å². The van der Waals surface area contributed by atoms with E-state index in [0.717, 1.165) is 0 Å². The summed E-state index contributed by atoms with van der Waals surface area (Å²) in [6, 6.07) is 2.86. The SMILES string of the molecule is C=CC(C)Oc1c(Cl)cc(Br)cc1S(=O)(=O)Cl. The minimum Gasteiger partial charge on any atom is -0.484 e. The third kappa shape index (κ3) is 3.88. The number of rotatable bonds is 4. The van der Waals surface area contributed by atoms with Gasteiger partial charge >= 0.3 is 0 Å². The summed E-state index contributed by atoms with van der Waals surface area (Å²) >= 11 is 9.07. The van der Waals surface area contributed by atoms with Gasteiger partial charge in [-0.05, 0) is 19.1 Å². The molecule has 1 aromatic carbocycles. The quantitative estimate of drug-likeness (QED) is 0.603. The monoisotopic (exact) mass is 358 g/mol. The molecule has 3 nitrogen and oxygen atoms in total. The Kier molecular flexibility index (Phi) is 4.89. The fourth-order valence-corrected chi connectivity index (χ4v) is 3.12. The maximum absolute atomic E-state index is 11.4. The zero-order chi connectivity index (χ0) is 13.2. The van der Waals surface area contributed by atoms with Crippen LogP contribution in [0.1, 0.15) is 6.92 Å². The Balaban J connectivity index is 3.41. The highest BCUT2D eigenvalue weighted by atomic mass is 79.9. The van der Waals surface area contributed by atoms with Crippen molar-refractivity contribution in [1.29, 1.82) is 0 Å². The Hall–Kier alpha value is -0.230. The van der Waals surface area contributed by atoms with Crippen molar-refractivity contribution >= 4 is 47.3 Å². The highest BCUT2D eigenvalue weighted by Crippen LogP contribution is 2.37. The molecule has 17 heavy (non-hydrogen) atoms. The van der Waals surface area contributed by atoms with Crippen molar-refractivity contribution in [2.45, 2.75) is 17.9 Å². The number of halogens is 3. The van der Waals surface area contributed by atoms with E-state index in [2.05, 4.69) is 22.5 Å². The lowest BCUT2D eigenvalue weighted by Crippen LogP contribution is -2.10. The van der Waals surface area contributed by atoms with Crippen LogP contribution in [-0.4, -0.2) is 14.5 Å². The molecule has 0 saturated carbocycles. The first-order valence-electron chi connectivity index (χ1n) is 4.48. The van der Waals surface area contributed by atoms with Crippen LogP contribution in [0.2, 0.25) is 5.02 Å². The molecule has 0 spiro atoms. The van der Waals surface area contributed by atoms with E-state index < -0.39 is 9.05 Å². The Morgan fingerprint density at radius 1 is 1.53 bits per heavy atom. The molecule has 1 aromatic rings. The van der Waals surface area contributed by atoms with Crippen LogP contribution in [-0.2, 0) is 9.05 Å². The third-order valence-electron chi connectivity index (χ3n) is 1.87. The van der Waals surface area contributed by atoms with Crippen molar-refractivity contribution in [2.24, 2.45) is 0 Å². The molecule has 1 atom stereocenters. The van der Waals surface area contributed by atoms with Crippen LogP contribution in [0.3, 0.4) is 0 Å². The average Bonchev–Trinajstić information content (AvgIpc) is 2.19. The number of hydrogen-bond acceptors (Lipinski definition) is 3. The lowest BCUT2D eigenvalue weighted by atomic mass is 10.3. The molecular formula is C10H9BrCl2O3S. The minimum atomic E-state index is -3.93. The molecule has 7 heteroatoms. The standard InChI is InChI=1S/C10H9BrCl2O3S/c1-3-6(2)16-10-8(12)4-7(11)5-9(10)17(13,14)15/h3-6H,1H2,2H3. The summed E-state index contributed by atoms with van der Waals surface area (Å²) in [6.07, 6.45) is 1.13. The molecule has 0 aliphatic carbocycles. The predicted octanol–water partition coefficient (Wildman–Crippen LogP) is 3.98. The zero-order valence-corrected chi connectivity index (χ0v) is 12.7. The molecule has 0 aromatic heterocycles. The summed E-state index contributed by atoms with van der Waals surface area (Å²) in [4.78, 5) is -0.174. The third-order valence-corrected chi connectivity index (χ3v) is 3.94. The summed E-state index contributed by atoms with van der Waals surface area (Å²) in [6.45, 7) is 5.24. The molecule has 0 aliphatic heterocycles. The minimum absolute atomic E-state index is 0.0252. The number of hydrogen-bond donors (Lipinski definition) is 0. The van der Waals surface area contributed by atoms with Crippen molar-refractivity contribution in [3.05, 3.63) is 34.3 Å². The van der Waals surface area contributed by atoms with Crippen LogP contribution in [0.25, 0.3) is 0 Å². The first-order chi connectivity index (χ1) is 7.75. The van der Waals surface area contributed by atoms with Gasteiger partial charge in [-0.2, -0.15) is 0 Å². The predicted molar refractivity (Wildman–Crippen MR) is 72.5 cm³/mol. The first-order valence-corrected chi connectivity index (χ1v) is 7.96. The molecule has 0 aliphatic rings. The van der Waals surface area contributed by atoms with Crippen molar-refractivity contribution in [2.75, 3.05) is 0 Å². The molecule has 0 amide bonds. The van der Waals surface area contributed by atoms with E-state index in [9.17, 15) is 8.42 Å². The normalized spacial score (nSPS) is 13.2. The second-order valence-corrected chi connectivity index (χ2v) is 7.07. The average molecular weight is 360 g/mol. The van der Waals surface area contributed by atoms with Crippen molar-refractivity contribution < 1.29 is 13.2 Å². The molecule has 0 heterocycles. The summed E-state index contributed by atoms with van der Waals surface area (Å²) < 4.78 is 28.7. The van der Waals surface area contributed by atoms with Gasteiger partial charge in [-0.25, -0.2) is 8.42 Å². The second-order valence-electron chi connectivity index (χ2n) is 3.21. The van der Waals surface area contributed by atoms with Gasteiger partial charge in [0.25, 0.3) is 9.05 Å². The van der Waals surface area contributed by atoms with E-state index in [0.29, 0.717) is 4.47 Å². The topological polar surface area (TPSA) is 43.4 Å². The Morgan fingerprint density at radius 3 is 2.59 bits per heavy atom. The number of benzene rings is 1. The van der Waals surface area contributed by atoms with Crippen LogP contribution in [0.15, 0.2) is 34.2 Å². The van der Waals surface area contributed by atoms with Gasteiger partial charge in [0.2, 0.25) is 0 Å². The van der Waals surface area contributed by atoms with Crippen molar-refractivity contribution in [3.8, 4) is 5.75 Å². The van der Waals surface area contributed by atoms with E-state index in [1.165, 1.54) is 18.2 Å². The molecule has 0 fully saturated rings. The number of ether oxygens (including phenoxy) is 1. The molecule has 0 N–H and O–H groups in total. The van der Waals surface area contributed by atoms with Gasteiger partial charge in [0.15, 0.2) is 5.75 Å². The molecule has 1 unspecified atom stereocenters. The first kappa shape index (κ1) is 14.8. The molecule has 0 bridgehead atoms. The van der Waals surface area contributed by atoms with E-state index in [1.54, 1.807) is 6.92 Å². The molecule has 1 rings (SSSR count). The van der Waals surface area contributed by atoms with E-state index in [-0.39, 0.29) is 21.8 Å². The summed E-state index contributed by atoms with van der Waals surface area (Å²) in [5.74, 6) is 0.0252. The van der Waals surface area contributed by atoms with Gasteiger partial charge in [-0.3, -0.25) is 0 Å². The maximum Gasteiger partial charge on any atom is 0.265 e. The zero-order valence-electron chi connectivity index (χ0n) is 8.78. The van der Waals surface area contributed by atoms with Gasteiger partial charge in [0.1, 0.15) is 11.0 Å². The van der Waals surface area contributed by atoms with E-state index in [1.807, 2.05) is 0 Å². The summed E-state index contributed by atoms with van der Waals surface area (Å²) in [5, 5.41) is 0.160. The van der Waals surface area contributed by atoms with Crippen LogP contribution < -0.4 is 4.74 Å². The van der Waals surface area contributed by atoms with Gasteiger partial charge in [-0.15, -0.1) is 0 Å². The lowest BCUT2D eigenvalue weighted by Gasteiger charge is -2.15. The van der Waals surface area contributed by atoms with Gasteiger partial charge in [0.05, 0.1) is 5.02 Å². The van der Waals surface area contributed by atoms with Crippen molar-refractivity contribution in [3.63, 3.8) is 0 Å². The Bertz CT molecular complexity index is 543. The molecule has 94 valence electrons. The van der Waals surface area contributed by atoms with Crippen LogP contribution >= 0.6 is 38.2 Å². The molecule has 0 radical (unpaired) electrons. The van der Waals surface area contributed by atoms with Gasteiger partial charge < -0.3 is 4.74 Å². The van der Waals surface area contributed by atoms with Crippen molar-refractivity contribution in [1.82, 2.24) is 0 Å². The van der Waals surface area contributed by atoms with Crippen LogP contribution in [0.4, 0.5) is 0 Å². The fourth-order valence-electron chi connectivity index (χ4n) is 1.07. The van der Waals surface area contributed by atoms with E-state index >= 15 is 0 Å². The Morgan fingerprint density at radius 2 is 2.12 bits per heavy atom. The highest BCUT2D eigenvalue weighted by molar-refractivity contribution is 9.10. The lowest BCUT2D eigenvalue weighted by molar-refractivity contribution is 0.263. The smallest absolute Gasteiger partial charge is 0.265 e. The molecular weight excluding hydrogens is 351 g/mol. The fraction of sp³-hybridized carbons (Fsp3) is 0.200. The van der Waals surface area contributed by atoms with Gasteiger partial charge in [-0.1, -0.05) is 40.2 Å². The van der Waals surface area contributed by atoms with Gasteiger partial charge in [0, 0.05) is 15.2 Å². The maximum atomic E-state index is 11.4. The van der Waals surface area contributed by atoms with E-state index in [4.69, 9.17) is 27.0 Å². The summed E-state index contributed by atoms with van der Waals surface area (Å²) in [7, 11) is 1.39. The summed E-state index contributed by atoms with van der Waals surface area (Å²) in [5.41, 5.74) is 0. The largest absolute Gasteiger partial charge is 0.484 e. The highest BCUT2D eigenvalue weighted by Gasteiger charge is 2.21. The van der Waals surface area contributed by atoms with Crippen LogP contribution in [0.5, 0.6) is 5.75 Å².